The fourth-order valence-electron chi connectivity index (χ4n) is 3.41. The van der Waals surface area contributed by atoms with Crippen molar-refractivity contribution in [2.24, 2.45) is 0 Å². The third kappa shape index (κ3) is 7.40. The molecule has 8 heteroatoms. The molecular weight excluding hydrogens is 559 g/mol. The molecule has 0 radical (unpaired) electrons. The first-order valence-electron chi connectivity index (χ1n) is 11.6. The summed E-state index contributed by atoms with van der Waals surface area (Å²) in [6.07, 6.45) is 0. The average molecular weight is 587 g/mol. The Morgan fingerprint density at radius 1 is 0.417 bits per heavy atom. The van der Waals surface area contributed by atoms with Gasteiger partial charge in [-0.2, -0.15) is 0 Å². The Hall–Kier alpha value is -1.26. The maximum atomic E-state index is 14.8. The summed E-state index contributed by atoms with van der Waals surface area (Å²) in [7, 11) is 0. The Morgan fingerprint density at radius 2 is 0.611 bits per heavy atom. The van der Waals surface area contributed by atoms with E-state index in [4.69, 9.17) is 0 Å². The molecule has 0 N–H and O–H groups in total. The molecule has 2 nitrogen and oxygen atoms in total. The zero-order chi connectivity index (χ0) is 25.4. The third-order valence-electron chi connectivity index (χ3n) is 5.60. The molecule has 2 unspecified atom stereocenters. The number of benzene rings is 4. The second-order valence-electron chi connectivity index (χ2n) is 8.18. The van der Waals surface area contributed by atoms with E-state index in [0.29, 0.717) is 0 Å². The highest BCUT2D eigenvalue weighted by atomic mass is 33.1. The molecule has 0 heterocycles. The summed E-state index contributed by atoms with van der Waals surface area (Å²) >= 11 is 5.72. The summed E-state index contributed by atoms with van der Waals surface area (Å²) < 4.78 is 29.7. The Kier molecular flexibility index (Phi) is 10.0. The maximum Gasteiger partial charge on any atom is 0.203 e. The molecule has 2 atom stereocenters. The van der Waals surface area contributed by atoms with Crippen molar-refractivity contribution in [2.75, 3.05) is 0 Å². The van der Waals surface area contributed by atoms with Gasteiger partial charge in [0.15, 0.2) is 0 Å². The van der Waals surface area contributed by atoms with Crippen LogP contribution in [0.4, 0.5) is 0 Å². The van der Waals surface area contributed by atoms with Crippen LogP contribution in [0.2, 0.25) is 0 Å². The van der Waals surface area contributed by atoms with Crippen LogP contribution in [0.25, 0.3) is 0 Å². The average Bonchev–Trinajstić information content (AvgIpc) is 2.90. The first-order valence-corrected chi connectivity index (χ1v) is 20.8. The summed E-state index contributed by atoms with van der Waals surface area (Å²) in [5.41, 5.74) is -6.56. The van der Waals surface area contributed by atoms with Gasteiger partial charge in [-0.25, -0.2) is 0 Å². The van der Waals surface area contributed by atoms with Crippen LogP contribution in [0, 0.1) is 0 Å². The first-order chi connectivity index (χ1) is 17.4. The lowest BCUT2D eigenvalue weighted by Gasteiger charge is -2.32. The monoisotopic (exact) mass is 586 g/mol. The minimum atomic E-state index is -2.98. The van der Waals surface area contributed by atoms with E-state index in [9.17, 15) is 9.13 Å². The quantitative estimate of drug-likeness (QED) is 0.163. The van der Waals surface area contributed by atoms with Crippen LogP contribution in [0.3, 0.4) is 0 Å². The van der Waals surface area contributed by atoms with Gasteiger partial charge in [-0.3, -0.25) is 9.13 Å². The van der Waals surface area contributed by atoms with Gasteiger partial charge in [-0.15, -0.1) is 0 Å². The smallest absolute Gasteiger partial charge is 0.203 e. The second kappa shape index (κ2) is 13.0. The summed E-state index contributed by atoms with van der Waals surface area (Å²) in [5.74, 6) is 0. The van der Waals surface area contributed by atoms with Gasteiger partial charge in [0, 0.05) is 30.9 Å². The lowest BCUT2D eigenvalue weighted by atomic mass is 10.4. The molecule has 0 spiro atoms. The van der Waals surface area contributed by atoms with Crippen LogP contribution in [-0.4, -0.2) is 11.3 Å². The van der Waals surface area contributed by atoms with E-state index in [2.05, 4.69) is 0 Å². The highest BCUT2D eigenvalue weighted by Crippen LogP contribution is 2.83. The van der Waals surface area contributed by atoms with Crippen LogP contribution >= 0.6 is 56.6 Å². The zero-order valence-electron chi connectivity index (χ0n) is 20.0. The largest absolute Gasteiger partial charge is 0.299 e. The third-order valence-corrected chi connectivity index (χ3v) is 23.9. The molecule has 4 aromatic rings. The van der Waals surface area contributed by atoms with Crippen molar-refractivity contribution in [3.05, 3.63) is 121 Å². The van der Waals surface area contributed by atoms with Crippen LogP contribution in [0.1, 0.15) is 13.8 Å². The Bertz CT molecular complexity index is 1130. The van der Waals surface area contributed by atoms with Crippen LogP contribution < -0.4 is 0 Å². The lowest BCUT2D eigenvalue weighted by Crippen LogP contribution is -2.17. The molecule has 186 valence electrons. The van der Waals surface area contributed by atoms with E-state index >= 15 is 0 Å². The van der Waals surface area contributed by atoms with Crippen molar-refractivity contribution >= 4 is 56.6 Å². The topological polar surface area (TPSA) is 34.1 Å². The molecule has 36 heavy (non-hydrogen) atoms. The van der Waals surface area contributed by atoms with Crippen LogP contribution in [-0.2, 0) is 9.13 Å². The fourth-order valence-corrected chi connectivity index (χ4v) is 22.9. The van der Waals surface area contributed by atoms with Gasteiger partial charge in [0.1, 0.15) is 0 Å². The van der Waals surface area contributed by atoms with E-state index in [1.54, 1.807) is 0 Å². The van der Waals surface area contributed by atoms with Crippen LogP contribution in [0.5, 0.6) is 0 Å². The molecule has 0 saturated carbocycles. The summed E-state index contributed by atoms with van der Waals surface area (Å²) in [5, 5.41) is 0. The minimum Gasteiger partial charge on any atom is -0.299 e. The van der Waals surface area contributed by atoms with Crippen molar-refractivity contribution < 1.29 is 9.13 Å². The highest BCUT2D eigenvalue weighted by molar-refractivity contribution is 8.92. The maximum absolute atomic E-state index is 14.8. The van der Waals surface area contributed by atoms with Crippen molar-refractivity contribution in [3.63, 3.8) is 0 Å². The van der Waals surface area contributed by atoms with Crippen LogP contribution in [0.15, 0.2) is 141 Å². The molecule has 0 aliphatic rings. The molecule has 0 aliphatic heterocycles. The molecule has 0 aliphatic carbocycles. The molecule has 0 bridgehead atoms. The van der Waals surface area contributed by atoms with Gasteiger partial charge in [0.05, 0.1) is 0 Å². The predicted molar refractivity (Wildman–Crippen MR) is 163 cm³/mol. The molecule has 0 amide bonds. The molecule has 4 aromatic carbocycles. The first kappa shape index (κ1) is 27.8. The standard InChI is InChI=1S/C28H28O2P2S4/c1-23(31(29,33-25-15-7-3-8-16-25)34-26-17-9-4-10-18-26)24(2)32(30,35-27-19-11-5-12-20-27)36-28-21-13-6-14-22-28/h3-24H,1-2H3. The van der Waals surface area contributed by atoms with E-state index < -0.39 is 11.1 Å². The van der Waals surface area contributed by atoms with Crippen molar-refractivity contribution in [2.45, 2.75) is 44.7 Å². The van der Waals surface area contributed by atoms with Gasteiger partial charge in [-0.1, -0.05) is 86.6 Å². The van der Waals surface area contributed by atoms with Gasteiger partial charge >= 0.3 is 0 Å². The molecule has 0 fully saturated rings. The van der Waals surface area contributed by atoms with Gasteiger partial charge in [-0.05, 0) is 94.1 Å². The molecule has 0 saturated heterocycles. The van der Waals surface area contributed by atoms with Crippen molar-refractivity contribution in [3.8, 4) is 0 Å². The van der Waals surface area contributed by atoms with Crippen molar-refractivity contribution in [1.29, 1.82) is 0 Å². The second-order valence-corrected chi connectivity index (χ2v) is 24.7. The summed E-state index contributed by atoms with van der Waals surface area (Å²) in [6.45, 7) is 4.03. The van der Waals surface area contributed by atoms with Gasteiger partial charge in [0.2, 0.25) is 11.1 Å². The molecule has 4 rings (SSSR count). The number of rotatable bonds is 11. The number of hydrogen-bond acceptors (Lipinski definition) is 6. The minimum absolute atomic E-state index is 0.300. The summed E-state index contributed by atoms with van der Waals surface area (Å²) in [6, 6.07) is 39.6. The van der Waals surface area contributed by atoms with E-state index in [0.717, 1.165) is 19.6 Å². The fraction of sp³-hybridized carbons (Fsp3) is 0.143. The zero-order valence-corrected chi connectivity index (χ0v) is 25.1. The van der Waals surface area contributed by atoms with Crippen molar-refractivity contribution in [1.82, 2.24) is 0 Å². The highest BCUT2D eigenvalue weighted by Gasteiger charge is 2.45. The van der Waals surface area contributed by atoms with E-state index in [1.807, 2.05) is 135 Å². The van der Waals surface area contributed by atoms with E-state index in [1.165, 1.54) is 45.5 Å². The lowest BCUT2D eigenvalue weighted by molar-refractivity contribution is 0.574. The molecule has 0 aromatic heterocycles. The normalized spacial score (nSPS) is 13.7. The summed E-state index contributed by atoms with van der Waals surface area (Å²) in [4.78, 5) is 3.85. The Balaban J connectivity index is 1.70. The SMILES string of the molecule is CC(C(C)P(=O)(Sc1ccccc1)Sc1ccccc1)P(=O)(Sc1ccccc1)Sc1ccccc1. The number of hydrogen-bond donors (Lipinski definition) is 0. The molecular formula is C28H28O2P2S4. The van der Waals surface area contributed by atoms with E-state index in [-0.39, 0.29) is 11.3 Å². The van der Waals surface area contributed by atoms with Gasteiger partial charge in [0.25, 0.3) is 0 Å². The van der Waals surface area contributed by atoms with Gasteiger partial charge < -0.3 is 0 Å². The predicted octanol–water partition coefficient (Wildman–Crippen LogP) is 11.3. The Labute approximate surface area is 230 Å². The Morgan fingerprint density at radius 3 is 0.806 bits per heavy atom.